The van der Waals surface area contributed by atoms with Gasteiger partial charge in [0.15, 0.2) is 0 Å². The lowest BCUT2D eigenvalue weighted by Crippen LogP contribution is -2.05. The fourth-order valence-corrected chi connectivity index (χ4v) is 2.25. The van der Waals surface area contributed by atoms with Gasteiger partial charge in [-0.15, -0.1) is 0 Å². The van der Waals surface area contributed by atoms with Gasteiger partial charge in [0.25, 0.3) is 0 Å². The van der Waals surface area contributed by atoms with Crippen molar-refractivity contribution in [3.05, 3.63) is 40.9 Å². The van der Waals surface area contributed by atoms with Crippen LogP contribution < -0.4 is 4.18 Å². The Balaban J connectivity index is 2.49. The van der Waals surface area contributed by atoms with Crippen molar-refractivity contribution < 1.29 is 12.6 Å². The summed E-state index contributed by atoms with van der Waals surface area (Å²) < 4.78 is 27.7. The van der Waals surface area contributed by atoms with Crippen LogP contribution in [-0.2, 0) is 10.1 Å². The van der Waals surface area contributed by atoms with E-state index in [1.54, 1.807) is 12.1 Å². The molecule has 0 aliphatic carbocycles. The molecule has 0 radical (unpaired) electrons. The van der Waals surface area contributed by atoms with E-state index in [0.717, 1.165) is 21.5 Å². The molecule has 0 saturated heterocycles. The van der Waals surface area contributed by atoms with Gasteiger partial charge in [-0.1, -0.05) is 28.1 Å². The Morgan fingerprint density at radius 2 is 1.69 bits per heavy atom. The summed E-state index contributed by atoms with van der Waals surface area (Å²) in [5.41, 5.74) is 0. The molecular formula is C11H9BrO3S. The van der Waals surface area contributed by atoms with Crippen molar-refractivity contribution >= 4 is 36.8 Å². The summed E-state index contributed by atoms with van der Waals surface area (Å²) in [6.07, 6.45) is 1.03. The molecule has 0 aromatic heterocycles. The molecule has 0 unspecified atom stereocenters. The monoisotopic (exact) mass is 300 g/mol. The number of fused-ring (bicyclic) bond motifs is 1. The summed E-state index contributed by atoms with van der Waals surface area (Å²) in [6.45, 7) is 0. The lowest BCUT2D eigenvalue weighted by molar-refractivity contribution is 0.493. The second-order valence-corrected chi connectivity index (χ2v) is 5.93. The zero-order chi connectivity index (χ0) is 11.8. The minimum Gasteiger partial charge on any atom is -0.383 e. The highest BCUT2D eigenvalue weighted by molar-refractivity contribution is 9.10. The SMILES string of the molecule is CS(=O)(=O)Oc1ccc2cc(Br)ccc2c1. The van der Waals surface area contributed by atoms with Crippen LogP contribution in [0.2, 0.25) is 0 Å². The molecular weight excluding hydrogens is 292 g/mol. The van der Waals surface area contributed by atoms with Gasteiger partial charge in [-0.2, -0.15) is 8.42 Å². The topological polar surface area (TPSA) is 43.4 Å². The lowest BCUT2D eigenvalue weighted by Gasteiger charge is -2.04. The van der Waals surface area contributed by atoms with Crippen molar-refractivity contribution in [3.63, 3.8) is 0 Å². The Morgan fingerprint density at radius 1 is 1.06 bits per heavy atom. The highest BCUT2D eigenvalue weighted by atomic mass is 79.9. The summed E-state index contributed by atoms with van der Waals surface area (Å²) in [7, 11) is -3.46. The second kappa shape index (κ2) is 4.07. The van der Waals surface area contributed by atoms with Crippen LogP contribution in [0.25, 0.3) is 10.8 Å². The van der Waals surface area contributed by atoms with Crippen LogP contribution in [0.4, 0.5) is 0 Å². The molecule has 2 aromatic carbocycles. The number of benzene rings is 2. The molecule has 0 spiro atoms. The van der Waals surface area contributed by atoms with Crippen molar-refractivity contribution in [3.8, 4) is 5.75 Å². The molecule has 0 aliphatic rings. The van der Waals surface area contributed by atoms with Gasteiger partial charge in [0, 0.05) is 4.47 Å². The van der Waals surface area contributed by atoms with E-state index in [4.69, 9.17) is 4.18 Å². The standard InChI is InChI=1S/C11H9BrO3S/c1-16(13,14)15-11-5-3-8-6-10(12)4-2-9(8)7-11/h2-7H,1H3. The lowest BCUT2D eigenvalue weighted by atomic mass is 10.1. The van der Waals surface area contributed by atoms with Gasteiger partial charge in [0.1, 0.15) is 5.75 Å². The highest BCUT2D eigenvalue weighted by Crippen LogP contribution is 2.24. The summed E-state index contributed by atoms with van der Waals surface area (Å²) in [5.74, 6) is 0.331. The van der Waals surface area contributed by atoms with Crippen molar-refractivity contribution in [2.24, 2.45) is 0 Å². The average molecular weight is 301 g/mol. The Labute approximate surface area is 102 Å². The largest absolute Gasteiger partial charge is 0.383 e. The van der Waals surface area contributed by atoms with Crippen molar-refractivity contribution in [1.29, 1.82) is 0 Å². The van der Waals surface area contributed by atoms with E-state index in [9.17, 15) is 8.42 Å². The zero-order valence-electron chi connectivity index (χ0n) is 8.48. The van der Waals surface area contributed by atoms with Gasteiger partial charge >= 0.3 is 10.1 Å². The van der Waals surface area contributed by atoms with Gasteiger partial charge < -0.3 is 4.18 Å². The molecule has 0 aliphatic heterocycles. The first-order valence-corrected chi connectivity index (χ1v) is 7.14. The van der Waals surface area contributed by atoms with E-state index in [1.165, 1.54) is 0 Å². The molecule has 2 rings (SSSR count). The summed E-state index contributed by atoms with van der Waals surface area (Å²) in [5, 5.41) is 1.96. The molecule has 84 valence electrons. The van der Waals surface area contributed by atoms with Crippen molar-refractivity contribution in [1.82, 2.24) is 0 Å². The molecule has 16 heavy (non-hydrogen) atoms. The third kappa shape index (κ3) is 2.74. The fourth-order valence-electron chi connectivity index (χ4n) is 1.42. The first-order chi connectivity index (χ1) is 7.44. The maximum absolute atomic E-state index is 11.0. The molecule has 5 heteroatoms. The Hall–Kier alpha value is -1.07. The molecule has 0 bridgehead atoms. The van der Waals surface area contributed by atoms with Crippen LogP contribution >= 0.6 is 15.9 Å². The molecule has 0 amide bonds. The first-order valence-electron chi connectivity index (χ1n) is 4.53. The van der Waals surface area contributed by atoms with E-state index in [1.807, 2.05) is 24.3 Å². The van der Waals surface area contributed by atoms with Crippen molar-refractivity contribution in [2.45, 2.75) is 0 Å². The Bertz CT molecular complexity index is 635. The minimum atomic E-state index is -3.46. The molecule has 0 saturated carbocycles. The Kier molecular flexibility index (Phi) is 2.90. The van der Waals surface area contributed by atoms with Crippen LogP contribution in [0.5, 0.6) is 5.75 Å². The van der Waals surface area contributed by atoms with E-state index in [-0.39, 0.29) is 0 Å². The molecule has 2 aromatic rings. The molecule has 0 N–H and O–H groups in total. The van der Waals surface area contributed by atoms with E-state index < -0.39 is 10.1 Å². The van der Waals surface area contributed by atoms with Gasteiger partial charge in [0.05, 0.1) is 6.26 Å². The summed E-state index contributed by atoms with van der Waals surface area (Å²) in [4.78, 5) is 0. The number of hydrogen-bond donors (Lipinski definition) is 0. The predicted molar refractivity (Wildman–Crippen MR) is 67.1 cm³/mol. The molecule has 0 atom stereocenters. The zero-order valence-corrected chi connectivity index (χ0v) is 10.9. The fraction of sp³-hybridized carbons (Fsp3) is 0.0909. The molecule has 3 nitrogen and oxygen atoms in total. The maximum Gasteiger partial charge on any atom is 0.306 e. The third-order valence-electron chi connectivity index (χ3n) is 2.02. The quantitative estimate of drug-likeness (QED) is 0.801. The first kappa shape index (κ1) is 11.4. The van der Waals surface area contributed by atoms with Gasteiger partial charge in [-0.3, -0.25) is 0 Å². The number of rotatable bonds is 2. The van der Waals surface area contributed by atoms with E-state index in [2.05, 4.69) is 15.9 Å². The smallest absolute Gasteiger partial charge is 0.306 e. The number of hydrogen-bond acceptors (Lipinski definition) is 3. The molecule has 0 heterocycles. The number of halogens is 1. The summed E-state index contributed by atoms with van der Waals surface area (Å²) in [6, 6.07) is 10.9. The van der Waals surface area contributed by atoms with Crippen LogP contribution in [0.3, 0.4) is 0 Å². The van der Waals surface area contributed by atoms with E-state index in [0.29, 0.717) is 5.75 Å². The maximum atomic E-state index is 11.0. The van der Waals surface area contributed by atoms with Gasteiger partial charge in [-0.05, 0) is 35.0 Å². The highest BCUT2D eigenvalue weighted by Gasteiger charge is 2.04. The normalized spacial score (nSPS) is 11.6. The average Bonchev–Trinajstić information content (AvgIpc) is 2.16. The van der Waals surface area contributed by atoms with Crippen LogP contribution in [0.1, 0.15) is 0 Å². The minimum absolute atomic E-state index is 0.331. The van der Waals surface area contributed by atoms with Crippen LogP contribution in [-0.4, -0.2) is 14.7 Å². The third-order valence-corrected chi connectivity index (χ3v) is 3.01. The van der Waals surface area contributed by atoms with Crippen LogP contribution in [0.15, 0.2) is 40.9 Å². The van der Waals surface area contributed by atoms with Gasteiger partial charge in [-0.25, -0.2) is 0 Å². The van der Waals surface area contributed by atoms with Gasteiger partial charge in [0.2, 0.25) is 0 Å². The Morgan fingerprint density at radius 3 is 2.38 bits per heavy atom. The summed E-state index contributed by atoms with van der Waals surface area (Å²) >= 11 is 3.37. The predicted octanol–water partition coefficient (Wildman–Crippen LogP) is 2.94. The second-order valence-electron chi connectivity index (χ2n) is 3.44. The van der Waals surface area contributed by atoms with Crippen molar-refractivity contribution in [2.75, 3.05) is 6.26 Å². The van der Waals surface area contributed by atoms with E-state index >= 15 is 0 Å². The molecule has 0 fully saturated rings. The van der Waals surface area contributed by atoms with Crippen LogP contribution in [0, 0.1) is 0 Å².